The molecule has 2 heterocycles. The first-order chi connectivity index (χ1) is 11.9. The van der Waals surface area contributed by atoms with Gasteiger partial charge in [0.05, 0.1) is 29.7 Å². The summed E-state index contributed by atoms with van der Waals surface area (Å²) in [6, 6.07) is 4.65. The molecule has 134 valence electrons. The van der Waals surface area contributed by atoms with Crippen LogP contribution in [0.3, 0.4) is 0 Å². The van der Waals surface area contributed by atoms with Crippen LogP contribution in [-0.2, 0) is 4.74 Å². The van der Waals surface area contributed by atoms with E-state index in [-0.39, 0.29) is 17.9 Å². The second-order valence-electron chi connectivity index (χ2n) is 6.16. The average molecular weight is 348 g/mol. The summed E-state index contributed by atoms with van der Waals surface area (Å²) in [7, 11) is 3.04. The van der Waals surface area contributed by atoms with Gasteiger partial charge in [0.1, 0.15) is 18.5 Å². The van der Waals surface area contributed by atoms with Crippen molar-refractivity contribution >= 4 is 21.9 Å². The molecule has 3 rings (SSSR count). The number of fused-ring (bicyclic) bond motifs is 2. The van der Waals surface area contributed by atoms with Crippen LogP contribution in [0.4, 0.5) is 0 Å². The zero-order valence-electron chi connectivity index (χ0n) is 14.5. The van der Waals surface area contributed by atoms with Crippen molar-refractivity contribution in [2.24, 2.45) is 0 Å². The second-order valence-corrected chi connectivity index (χ2v) is 6.16. The van der Waals surface area contributed by atoms with Gasteiger partial charge in [0, 0.05) is 13.2 Å². The molecule has 0 saturated heterocycles. The highest BCUT2D eigenvalue weighted by atomic mass is 16.5. The Hall–Kier alpha value is -2.51. The molecule has 7 heteroatoms. The molecule has 1 atom stereocenters. The third-order valence-corrected chi connectivity index (χ3v) is 4.32. The lowest BCUT2D eigenvalue weighted by atomic mass is 10.0. The maximum atomic E-state index is 11.7. The van der Waals surface area contributed by atoms with E-state index in [1.54, 1.807) is 26.0 Å². The molecule has 0 aliphatic carbocycles. The maximum absolute atomic E-state index is 11.7. The number of hydrogen-bond acceptors (Lipinski definition) is 7. The van der Waals surface area contributed by atoms with Gasteiger partial charge in [-0.15, -0.1) is 0 Å². The molecule has 3 aromatic rings. The SMILES string of the molecule is COc1c2ccoc2c(OC[C@H](O)C(C)(C)OC)c2oc(=O)ccc12. The predicted octanol–water partition coefficient (Wildman–Crippen LogP) is 2.71. The first-order valence-electron chi connectivity index (χ1n) is 7.76. The molecule has 7 nitrogen and oxygen atoms in total. The van der Waals surface area contributed by atoms with E-state index in [2.05, 4.69) is 0 Å². The van der Waals surface area contributed by atoms with Crippen molar-refractivity contribution in [2.75, 3.05) is 20.8 Å². The number of furan rings is 1. The Morgan fingerprint density at radius 1 is 1.12 bits per heavy atom. The van der Waals surface area contributed by atoms with Gasteiger partial charge in [-0.3, -0.25) is 0 Å². The summed E-state index contributed by atoms with van der Waals surface area (Å²) in [5.41, 5.74) is -0.746. The van der Waals surface area contributed by atoms with E-state index in [0.29, 0.717) is 22.1 Å². The Balaban J connectivity index is 2.14. The van der Waals surface area contributed by atoms with E-state index < -0.39 is 17.3 Å². The summed E-state index contributed by atoms with van der Waals surface area (Å²) in [5, 5.41) is 11.5. The van der Waals surface area contributed by atoms with Crippen LogP contribution in [0.15, 0.2) is 38.1 Å². The van der Waals surface area contributed by atoms with Crippen LogP contribution in [-0.4, -0.2) is 37.6 Å². The molecule has 0 aliphatic heterocycles. The van der Waals surface area contributed by atoms with Crippen molar-refractivity contribution in [3.8, 4) is 11.5 Å². The fourth-order valence-corrected chi connectivity index (χ4v) is 2.53. The largest absolute Gasteiger partial charge is 0.495 e. The number of aliphatic hydroxyl groups excluding tert-OH is 1. The predicted molar refractivity (Wildman–Crippen MR) is 91.4 cm³/mol. The number of ether oxygens (including phenoxy) is 3. The van der Waals surface area contributed by atoms with E-state index in [9.17, 15) is 9.90 Å². The van der Waals surface area contributed by atoms with E-state index >= 15 is 0 Å². The van der Waals surface area contributed by atoms with Crippen LogP contribution in [0.5, 0.6) is 11.5 Å². The van der Waals surface area contributed by atoms with E-state index in [1.807, 2.05) is 0 Å². The molecule has 2 aromatic heterocycles. The normalized spacial score (nSPS) is 13.3. The Kier molecular flexibility index (Phi) is 4.45. The second kappa shape index (κ2) is 6.42. The number of benzene rings is 1. The van der Waals surface area contributed by atoms with Gasteiger partial charge in [0.2, 0.25) is 5.75 Å². The molecule has 0 unspecified atom stereocenters. The Labute approximate surface area is 143 Å². The maximum Gasteiger partial charge on any atom is 0.336 e. The average Bonchev–Trinajstić information content (AvgIpc) is 3.07. The molecule has 0 spiro atoms. The molecule has 0 bridgehead atoms. The van der Waals surface area contributed by atoms with Gasteiger partial charge in [-0.2, -0.15) is 0 Å². The number of rotatable bonds is 6. The van der Waals surface area contributed by atoms with Crippen molar-refractivity contribution in [1.82, 2.24) is 0 Å². The first kappa shape index (κ1) is 17.3. The summed E-state index contributed by atoms with van der Waals surface area (Å²) in [6.07, 6.45) is 0.585. The summed E-state index contributed by atoms with van der Waals surface area (Å²) in [5.74, 6) is 0.757. The van der Waals surface area contributed by atoms with Crippen molar-refractivity contribution < 1.29 is 28.2 Å². The number of hydrogen-bond donors (Lipinski definition) is 1. The summed E-state index contributed by atoms with van der Waals surface area (Å²) >= 11 is 0. The van der Waals surface area contributed by atoms with E-state index in [1.165, 1.54) is 26.5 Å². The van der Waals surface area contributed by atoms with Gasteiger partial charge in [-0.1, -0.05) is 0 Å². The van der Waals surface area contributed by atoms with Crippen molar-refractivity contribution in [3.63, 3.8) is 0 Å². The standard InChI is InChI=1S/C18H20O7/c1-18(2,22-4)12(19)9-24-17-15-11(7-8-23-15)14(21-3)10-5-6-13(20)25-16(10)17/h5-8,12,19H,9H2,1-4H3/t12-/m0/s1. The third kappa shape index (κ3) is 2.96. The third-order valence-electron chi connectivity index (χ3n) is 4.32. The molecule has 0 fully saturated rings. The smallest absolute Gasteiger partial charge is 0.336 e. The molecule has 0 aliphatic rings. The highest BCUT2D eigenvalue weighted by Gasteiger charge is 2.29. The lowest BCUT2D eigenvalue weighted by molar-refractivity contribution is -0.0913. The minimum absolute atomic E-state index is 0.0727. The van der Waals surface area contributed by atoms with E-state index in [0.717, 1.165) is 0 Å². The van der Waals surface area contributed by atoms with Gasteiger partial charge in [-0.05, 0) is 26.0 Å². The van der Waals surface area contributed by atoms with E-state index in [4.69, 9.17) is 23.0 Å². The Morgan fingerprint density at radius 3 is 2.52 bits per heavy atom. The summed E-state index contributed by atoms with van der Waals surface area (Å²) in [4.78, 5) is 11.7. The Morgan fingerprint density at radius 2 is 1.84 bits per heavy atom. The molecule has 1 N–H and O–H groups in total. The van der Waals surface area contributed by atoms with Gasteiger partial charge in [0.25, 0.3) is 0 Å². The van der Waals surface area contributed by atoms with Crippen LogP contribution >= 0.6 is 0 Å². The number of aliphatic hydroxyl groups is 1. The zero-order chi connectivity index (χ0) is 18.2. The van der Waals surface area contributed by atoms with Gasteiger partial charge >= 0.3 is 5.63 Å². The molecule has 0 amide bonds. The van der Waals surface area contributed by atoms with Gasteiger partial charge in [-0.25, -0.2) is 4.79 Å². The van der Waals surface area contributed by atoms with Crippen molar-refractivity contribution in [1.29, 1.82) is 0 Å². The molecule has 0 radical (unpaired) electrons. The minimum Gasteiger partial charge on any atom is -0.495 e. The lowest BCUT2D eigenvalue weighted by Gasteiger charge is -2.28. The summed E-state index contributed by atoms with van der Waals surface area (Å²) < 4.78 is 27.3. The quantitative estimate of drug-likeness (QED) is 0.685. The van der Waals surface area contributed by atoms with Crippen LogP contribution < -0.4 is 15.1 Å². The van der Waals surface area contributed by atoms with Crippen molar-refractivity contribution in [3.05, 3.63) is 34.9 Å². The molecular formula is C18H20O7. The molecule has 25 heavy (non-hydrogen) atoms. The Bertz CT molecular complexity index is 951. The fraction of sp³-hybridized carbons (Fsp3) is 0.389. The lowest BCUT2D eigenvalue weighted by Crippen LogP contribution is -2.42. The fourth-order valence-electron chi connectivity index (χ4n) is 2.53. The first-order valence-corrected chi connectivity index (χ1v) is 7.76. The monoisotopic (exact) mass is 348 g/mol. The topological polar surface area (TPSA) is 91.3 Å². The molecule has 0 saturated carbocycles. The molecule has 1 aromatic carbocycles. The van der Waals surface area contributed by atoms with Crippen molar-refractivity contribution in [2.45, 2.75) is 25.6 Å². The number of methoxy groups -OCH3 is 2. The van der Waals surface area contributed by atoms with Crippen LogP contribution in [0.25, 0.3) is 21.9 Å². The highest BCUT2D eigenvalue weighted by Crippen LogP contribution is 2.42. The summed E-state index contributed by atoms with van der Waals surface area (Å²) in [6.45, 7) is 3.42. The highest BCUT2D eigenvalue weighted by molar-refractivity contribution is 6.06. The van der Waals surface area contributed by atoms with Crippen LogP contribution in [0, 0.1) is 0 Å². The zero-order valence-corrected chi connectivity index (χ0v) is 14.5. The van der Waals surface area contributed by atoms with Gasteiger partial charge < -0.3 is 28.2 Å². The minimum atomic E-state index is -0.907. The van der Waals surface area contributed by atoms with Crippen LogP contribution in [0.1, 0.15) is 13.8 Å². The molecular weight excluding hydrogens is 328 g/mol. The van der Waals surface area contributed by atoms with Crippen LogP contribution in [0.2, 0.25) is 0 Å². The van der Waals surface area contributed by atoms with Gasteiger partial charge in [0.15, 0.2) is 11.2 Å².